The van der Waals surface area contributed by atoms with Crippen LogP contribution in [0.15, 0.2) is 33.4 Å². The van der Waals surface area contributed by atoms with Gasteiger partial charge in [-0.3, -0.25) is 0 Å². The Balaban J connectivity index is 2.20. The summed E-state index contributed by atoms with van der Waals surface area (Å²) < 4.78 is 15.5. The number of aromatic nitrogens is 2. The number of rotatable bonds is 3. The lowest BCUT2D eigenvalue weighted by atomic mass is 10.1. The fourth-order valence-corrected chi connectivity index (χ4v) is 2.00. The Morgan fingerprint density at radius 2 is 2.38 bits per heavy atom. The molecule has 21 heavy (non-hydrogen) atoms. The van der Waals surface area contributed by atoms with Crippen LogP contribution < -0.4 is 0 Å². The van der Waals surface area contributed by atoms with Crippen molar-refractivity contribution in [2.45, 2.75) is 6.92 Å². The predicted molar refractivity (Wildman–Crippen MR) is 73.4 cm³/mol. The first-order chi connectivity index (χ1) is 10.2. The molecule has 0 saturated heterocycles. The summed E-state index contributed by atoms with van der Waals surface area (Å²) in [6.45, 7) is 1.63. The Bertz CT molecular complexity index is 841. The largest absolute Gasteiger partial charge is 0.463 e. The van der Waals surface area contributed by atoms with Gasteiger partial charge in [-0.25, -0.2) is 9.78 Å². The number of carbonyl (C=O) groups excluding carboxylic acids is 1. The van der Waals surface area contributed by atoms with E-state index >= 15 is 0 Å². The number of nitrogens with zero attached hydrogens (tertiary/aromatic N) is 2. The number of carbonyl (C=O) groups is 1. The van der Waals surface area contributed by atoms with Gasteiger partial charge in [-0.05, 0) is 25.1 Å². The number of ether oxygens (including phenoxy) is 1. The van der Waals surface area contributed by atoms with Crippen LogP contribution in [0.5, 0.6) is 0 Å². The van der Waals surface area contributed by atoms with Crippen molar-refractivity contribution in [2.75, 3.05) is 6.61 Å². The molecule has 0 aliphatic heterocycles. The summed E-state index contributed by atoms with van der Waals surface area (Å²) in [6.07, 6.45) is 6.61. The van der Waals surface area contributed by atoms with Gasteiger partial charge in [-0.1, -0.05) is 11.1 Å². The number of terminal acetylenes is 1. The molecular formula is C15H10N2O4. The molecule has 6 heteroatoms. The SMILES string of the molecule is C#CCOC(=O)c1cc(C)nc2onc(-c3ccco3)c12. The normalized spacial score (nSPS) is 10.5. The number of furan rings is 1. The molecule has 0 amide bonds. The van der Waals surface area contributed by atoms with Crippen LogP contribution in [-0.4, -0.2) is 22.7 Å². The molecular weight excluding hydrogens is 272 g/mol. The summed E-state index contributed by atoms with van der Waals surface area (Å²) in [4.78, 5) is 16.4. The van der Waals surface area contributed by atoms with E-state index in [1.54, 1.807) is 25.1 Å². The minimum atomic E-state index is -0.556. The number of pyridine rings is 1. The molecule has 3 rings (SSSR count). The summed E-state index contributed by atoms with van der Waals surface area (Å²) in [5.74, 6) is 2.17. The topological polar surface area (TPSA) is 78.4 Å². The van der Waals surface area contributed by atoms with Crippen LogP contribution in [0.1, 0.15) is 16.1 Å². The molecule has 3 aromatic rings. The zero-order chi connectivity index (χ0) is 14.8. The molecule has 0 bridgehead atoms. The van der Waals surface area contributed by atoms with Crippen molar-refractivity contribution in [2.24, 2.45) is 0 Å². The van der Waals surface area contributed by atoms with Gasteiger partial charge in [0.1, 0.15) is 0 Å². The van der Waals surface area contributed by atoms with Crippen LogP contribution in [0.3, 0.4) is 0 Å². The second-order valence-electron chi connectivity index (χ2n) is 4.28. The predicted octanol–water partition coefficient (Wildman–Crippen LogP) is 2.58. The monoisotopic (exact) mass is 282 g/mol. The van der Waals surface area contributed by atoms with Gasteiger partial charge in [-0.15, -0.1) is 6.42 Å². The highest BCUT2D eigenvalue weighted by atomic mass is 16.5. The van der Waals surface area contributed by atoms with Gasteiger partial charge in [0.05, 0.1) is 17.2 Å². The van der Waals surface area contributed by atoms with Crippen molar-refractivity contribution < 1.29 is 18.5 Å². The van der Waals surface area contributed by atoms with E-state index in [1.807, 2.05) is 0 Å². The number of hydrogen-bond acceptors (Lipinski definition) is 6. The first-order valence-electron chi connectivity index (χ1n) is 6.12. The second-order valence-corrected chi connectivity index (χ2v) is 4.28. The maximum absolute atomic E-state index is 12.1. The van der Waals surface area contributed by atoms with E-state index in [-0.39, 0.29) is 12.3 Å². The molecule has 104 valence electrons. The highest BCUT2D eigenvalue weighted by Crippen LogP contribution is 2.30. The molecule has 0 radical (unpaired) electrons. The van der Waals surface area contributed by atoms with Gasteiger partial charge in [0.15, 0.2) is 18.1 Å². The quantitative estimate of drug-likeness (QED) is 0.542. The molecule has 0 saturated carbocycles. The average molecular weight is 282 g/mol. The van der Waals surface area contributed by atoms with Crippen LogP contribution >= 0.6 is 0 Å². The lowest BCUT2D eigenvalue weighted by Gasteiger charge is -2.03. The summed E-state index contributed by atoms with van der Waals surface area (Å²) in [5.41, 5.74) is 1.54. The van der Waals surface area contributed by atoms with Crippen molar-refractivity contribution in [3.8, 4) is 23.8 Å². The highest BCUT2D eigenvalue weighted by molar-refractivity contribution is 6.07. The Labute approximate surface area is 119 Å². The first kappa shape index (κ1) is 12.9. The van der Waals surface area contributed by atoms with E-state index in [0.717, 1.165) is 0 Å². The van der Waals surface area contributed by atoms with E-state index in [1.165, 1.54) is 6.26 Å². The van der Waals surface area contributed by atoms with Gasteiger partial charge in [0.2, 0.25) is 0 Å². The molecule has 0 spiro atoms. The minimum Gasteiger partial charge on any atom is -0.463 e. The molecule has 3 aromatic heterocycles. The molecule has 0 N–H and O–H groups in total. The molecule has 3 heterocycles. The fourth-order valence-electron chi connectivity index (χ4n) is 2.00. The summed E-state index contributed by atoms with van der Waals surface area (Å²) in [5, 5.41) is 4.37. The van der Waals surface area contributed by atoms with Crippen LogP contribution in [0.2, 0.25) is 0 Å². The standard InChI is InChI=1S/C15H10N2O4/c1-3-6-20-15(18)10-8-9(2)16-14-12(10)13(17-21-14)11-5-4-7-19-11/h1,4-5,7-8H,6H2,2H3. The third-order valence-electron chi connectivity index (χ3n) is 2.84. The maximum atomic E-state index is 12.1. The van der Waals surface area contributed by atoms with Gasteiger partial charge >= 0.3 is 5.97 Å². The van der Waals surface area contributed by atoms with Gasteiger partial charge < -0.3 is 13.7 Å². The van der Waals surface area contributed by atoms with Crippen LogP contribution in [0.4, 0.5) is 0 Å². The van der Waals surface area contributed by atoms with E-state index in [9.17, 15) is 4.79 Å². The van der Waals surface area contributed by atoms with Crippen molar-refractivity contribution in [3.05, 3.63) is 35.7 Å². The van der Waals surface area contributed by atoms with Crippen LogP contribution in [0, 0.1) is 19.3 Å². The maximum Gasteiger partial charge on any atom is 0.340 e. The van der Waals surface area contributed by atoms with Crippen molar-refractivity contribution >= 4 is 17.1 Å². The third kappa shape index (κ3) is 2.25. The summed E-state index contributed by atoms with van der Waals surface area (Å²) >= 11 is 0. The lowest BCUT2D eigenvalue weighted by molar-refractivity contribution is 0.0559. The zero-order valence-corrected chi connectivity index (χ0v) is 11.1. The van der Waals surface area contributed by atoms with E-state index < -0.39 is 5.97 Å². The van der Waals surface area contributed by atoms with Crippen LogP contribution in [-0.2, 0) is 4.74 Å². The molecule has 0 aliphatic carbocycles. The third-order valence-corrected chi connectivity index (χ3v) is 2.84. The molecule has 0 aromatic carbocycles. The van der Waals surface area contributed by atoms with Gasteiger partial charge in [0.25, 0.3) is 5.71 Å². The minimum absolute atomic E-state index is 0.108. The van der Waals surface area contributed by atoms with Crippen LogP contribution in [0.25, 0.3) is 22.6 Å². The van der Waals surface area contributed by atoms with E-state index in [0.29, 0.717) is 28.1 Å². The van der Waals surface area contributed by atoms with Gasteiger partial charge in [-0.2, -0.15) is 0 Å². The molecule has 6 nitrogen and oxygen atoms in total. The lowest BCUT2D eigenvalue weighted by Crippen LogP contribution is -2.07. The van der Waals surface area contributed by atoms with Crippen molar-refractivity contribution in [1.82, 2.24) is 10.1 Å². The molecule has 0 aliphatic rings. The van der Waals surface area contributed by atoms with Crippen molar-refractivity contribution in [3.63, 3.8) is 0 Å². The van der Waals surface area contributed by atoms with Crippen molar-refractivity contribution in [1.29, 1.82) is 0 Å². The Kier molecular flexibility index (Phi) is 3.16. The number of hydrogen-bond donors (Lipinski definition) is 0. The Morgan fingerprint density at radius 1 is 1.52 bits per heavy atom. The number of esters is 1. The van der Waals surface area contributed by atoms with E-state index in [2.05, 4.69) is 16.1 Å². The highest BCUT2D eigenvalue weighted by Gasteiger charge is 2.22. The Morgan fingerprint density at radius 3 is 3.10 bits per heavy atom. The number of fused-ring (bicyclic) bond motifs is 1. The van der Waals surface area contributed by atoms with Gasteiger partial charge in [0, 0.05) is 5.69 Å². The summed E-state index contributed by atoms with van der Waals surface area (Å²) in [6, 6.07) is 5.03. The Hall–Kier alpha value is -3.07. The average Bonchev–Trinajstić information content (AvgIpc) is 3.11. The molecule has 0 unspecified atom stereocenters. The smallest absolute Gasteiger partial charge is 0.340 e. The molecule has 0 atom stereocenters. The fraction of sp³-hybridized carbons (Fsp3) is 0.133. The second kappa shape index (κ2) is 5.13. The number of aryl methyl sites for hydroxylation is 1. The zero-order valence-electron chi connectivity index (χ0n) is 11.1. The summed E-state index contributed by atoms with van der Waals surface area (Å²) in [7, 11) is 0. The molecule has 0 fully saturated rings. The first-order valence-corrected chi connectivity index (χ1v) is 6.12. The van der Waals surface area contributed by atoms with E-state index in [4.69, 9.17) is 20.1 Å².